The fraction of sp³-hybridized carbons (Fsp3) is 0.533. The van der Waals surface area contributed by atoms with Crippen molar-refractivity contribution in [1.29, 1.82) is 0 Å². The molecule has 9 nitrogen and oxygen atoms in total. The summed E-state index contributed by atoms with van der Waals surface area (Å²) >= 11 is 19.3. The van der Waals surface area contributed by atoms with Crippen LogP contribution >= 0.6 is 57.9 Å². The Morgan fingerprint density at radius 1 is 1.34 bits per heavy atom. The van der Waals surface area contributed by atoms with Gasteiger partial charge < -0.3 is 19.7 Å². The van der Waals surface area contributed by atoms with Crippen molar-refractivity contribution in [1.82, 2.24) is 20.4 Å². The van der Waals surface area contributed by atoms with Gasteiger partial charge in [-0.25, -0.2) is 4.79 Å². The number of halogens is 3. The number of ether oxygens (including phenoxy) is 2. The van der Waals surface area contributed by atoms with Crippen LogP contribution in [0.3, 0.4) is 0 Å². The predicted octanol–water partition coefficient (Wildman–Crippen LogP) is 1.81. The molecule has 0 saturated carbocycles. The Bertz CT molecular complexity index is 859. The maximum Gasteiger partial charge on any atom is 0.336 e. The molecule has 1 aromatic rings. The monoisotopic (exact) mass is 500 g/mol. The van der Waals surface area contributed by atoms with E-state index < -0.39 is 28.3 Å². The number of amides is 2. The van der Waals surface area contributed by atoms with E-state index in [1.165, 1.54) is 34.2 Å². The minimum atomic E-state index is -1.72. The molecule has 3 rings (SSSR count). The average Bonchev–Trinajstić information content (AvgIpc) is 3.07. The Hall–Kier alpha value is -1.27. The number of fused-ring (bicyclic) bond motifs is 1. The number of esters is 1. The van der Waals surface area contributed by atoms with Crippen molar-refractivity contribution in [2.45, 2.75) is 34.3 Å². The van der Waals surface area contributed by atoms with E-state index in [0.717, 1.165) is 0 Å². The largest absolute Gasteiger partial charge is 0.459 e. The van der Waals surface area contributed by atoms with Gasteiger partial charge in [-0.15, -0.1) is 22.0 Å². The molecule has 1 N–H and O–H groups in total. The summed E-state index contributed by atoms with van der Waals surface area (Å²) in [7, 11) is 0. The number of β-lactam (4-membered cyclic amide) rings is 1. The minimum Gasteiger partial charge on any atom is -0.459 e. The minimum absolute atomic E-state index is 0.272. The molecule has 1 fully saturated rings. The first-order valence-electron chi connectivity index (χ1n) is 8.20. The Labute approximate surface area is 189 Å². The van der Waals surface area contributed by atoms with Gasteiger partial charge in [0.2, 0.25) is 3.79 Å². The molecule has 14 heteroatoms. The molecule has 29 heavy (non-hydrogen) atoms. The van der Waals surface area contributed by atoms with E-state index in [1.807, 2.05) is 0 Å². The van der Waals surface area contributed by atoms with Gasteiger partial charge in [0.25, 0.3) is 17.0 Å². The maximum absolute atomic E-state index is 12.4. The first-order valence-corrected chi connectivity index (χ1v) is 11.1. The summed E-state index contributed by atoms with van der Waals surface area (Å²) in [4.78, 5) is 38.0. The van der Waals surface area contributed by atoms with E-state index in [9.17, 15) is 14.4 Å². The SMILES string of the molecule is Cc1nnc(OCC(=O)NC2C(=O)N3C=C(C(=O)OCC(Cl)(Cl)Cl)C(C)S[C@H]23)s1. The van der Waals surface area contributed by atoms with Crippen molar-refractivity contribution in [3.63, 3.8) is 0 Å². The summed E-state index contributed by atoms with van der Waals surface area (Å²) in [6.07, 6.45) is 1.41. The van der Waals surface area contributed by atoms with Crippen LogP contribution in [0.1, 0.15) is 11.9 Å². The smallest absolute Gasteiger partial charge is 0.336 e. The molecule has 2 aliphatic rings. The highest BCUT2D eigenvalue weighted by Gasteiger charge is 2.51. The first-order chi connectivity index (χ1) is 13.5. The Kier molecular flexibility index (Phi) is 6.84. The molecule has 1 aromatic heterocycles. The van der Waals surface area contributed by atoms with Gasteiger partial charge in [0, 0.05) is 11.4 Å². The molecule has 2 amide bonds. The van der Waals surface area contributed by atoms with Crippen LogP contribution < -0.4 is 10.1 Å². The van der Waals surface area contributed by atoms with Gasteiger partial charge in [0.1, 0.15) is 23.0 Å². The third kappa shape index (κ3) is 5.46. The van der Waals surface area contributed by atoms with Gasteiger partial charge in [0.05, 0.1) is 5.57 Å². The van der Waals surface area contributed by atoms with Crippen LogP contribution in [-0.2, 0) is 19.1 Å². The fourth-order valence-corrected chi connectivity index (χ4v) is 4.62. The summed E-state index contributed by atoms with van der Waals surface area (Å²) in [5, 5.41) is 10.5. The van der Waals surface area contributed by atoms with E-state index >= 15 is 0 Å². The fourth-order valence-electron chi connectivity index (χ4n) is 2.57. The maximum atomic E-state index is 12.4. The molecule has 3 heterocycles. The van der Waals surface area contributed by atoms with Gasteiger partial charge in [0.15, 0.2) is 6.61 Å². The Balaban J connectivity index is 1.55. The lowest BCUT2D eigenvalue weighted by atomic mass is 10.1. The van der Waals surface area contributed by atoms with E-state index in [0.29, 0.717) is 5.01 Å². The number of aryl methyl sites for hydroxylation is 1. The highest BCUT2D eigenvalue weighted by Crippen LogP contribution is 2.40. The molecule has 0 radical (unpaired) electrons. The van der Waals surface area contributed by atoms with Crippen LogP contribution in [-0.4, -0.2) is 66.6 Å². The van der Waals surface area contributed by atoms with E-state index in [-0.39, 0.29) is 33.9 Å². The third-order valence-electron chi connectivity index (χ3n) is 3.89. The predicted molar refractivity (Wildman–Crippen MR) is 109 cm³/mol. The number of aromatic nitrogens is 2. The molecule has 0 aliphatic carbocycles. The molecule has 158 valence electrons. The van der Waals surface area contributed by atoms with Crippen molar-refractivity contribution >= 4 is 75.7 Å². The van der Waals surface area contributed by atoms with Crippen LogP contribution in [0, 0.1) is 6.92 Å². The van der Waals surface area contributed by atoms with Crippen LogP contribution in [0.4, 0.5) is 0 Å². The number of nitrogens with one attached hydrogen (secondary N) is 1. The molecular weight excluding hydrogens is 487 g/mol. The van der Waals surface area contributed by atoms with Crippen LogP contribution in [0.2, 0.25) is 0 Å². The van der Waals surface area contributed by atoms with Crippen molar-refractivity contribution in [3.8, 4) is 5.19 Å². The van der Waals surface area contributed by atoms with E-state index in [1.54, 1.807) is 13.8 Å². The zero-order chi connectivity index (χ0) is 21.3. The highest BCUT2D eigenvalue weighted by atomic mass is 35.6. The first kappa shape index (κ1) is 22.4. The lowest BCUT2D eigenvalue weighted by molar-refractivity contribution is -0.145. The quantitative estimate of drug-likeness (QED) is 0.357. The molecule has 2 unspecified atom stereocenters. The summed E-state index contributed by atoms with van der Waals surface area (Å²) in [6, 6.07) is -0.718. The number of nitrogens with zero attached hydrogens (tertiary/aromatic N) is 3. The molecular formula is C15H15Cl3N4O5S2. The lowest BCUT2D eigenvalue weighted by Gasteiger charge is -2.48. The summed E-state index contributed by atoms with van der Waals surface area (Å²) < 4.78 is 8.50. The standard InChI is InChI=1S/C15H15Cl3N4O5S2/c1-6-8(13(25)27-5-15(16,17)18)3-22-11(24)10(12(22)28-6)19-9(23)4-26-14-21-20-7(2)29-14/h3,6,10,12H,4-5H2,1-2H3,(H,19,23)/t6?,10?,12-/m1/s1. The lowest BCUT2D eigenvalue weighted by Crippen LogP contribution is -2.69. The molecule has 3 atom stereocenters. The highest BCUT2D eigenvalue weighted by molar-refractivity contribution is 8.00. The third-order valence-corrected chi connectivity index (χ3v) is 6.41. The molecule has 0 spiro atoms. The number of hydrogen-bond donors (Lipinski definition) is 1. The van der Waals surface area contributed by atoms with Crippen LogP contribution in [0.15, 0.2) is 11.8 Å². The number of alkyl halides is 3. The van der Waals surface area contributed by atoms with Gasteiger partial charge in [-0.05, 0) is 13.8 Å². The number of hydrogen-bond acceptors (Lipinski definition) is 9. The summed E-state index contributed by atoms with van der Waals surface area (Å²) in [6.45, 7) is 2.86. The Morgan fingerprint density at radius 2 is 2.07 bits per heavy atom. The summed E-state index contributed by atoms with van der Waals surface area (Å²) in [5.74, 6) is -1.47. The van der Waals surface area contributed by atoms with Gasteiger partial charge in [-0.3, -0.25) is 9.59 Å². The van der Waals surface area contributed by atoms with Crippen molar-refractivity contribution in [2.24, 2.45) is 0 Å². The van der Waals surface area contributed by atoms with Crippen LogP contribution in [0.25, 0.3) is 0 Å². The van der Waals surface area contributed by atoms with Crippen molar-refractivity contribution < 1.29 is 23.9 Å². The molecule has 0 aromatic carbocycles. The van der Waals surface area contributed by atoms with Crippen molar-refractivity contribution in [2.75, 3.05) is 13.2 Å². The van der Waals surface area contributed by atoms with E-state index in [2.05, 4.69) is 15.5 Å². The number of rotatable bonds is 6. The zero-order valence-electron chi connectivity index (χ0n) is 15.1. The number of carbonyl (C=O) groups excluding carboxylic acids is 3. The number of carbonyl (C=O) groups is 3. The average molecular weight is 502 g/mol. The molecule has 2 aliphatic heterocycles. The molecule has 0 bridgehead atoms. The van der Waals surface area contributed by atoms with Gasteiger partial charge in [-0.1, -0.05) is 46.1 Å². The van der Waals surface area contributed by atoms with Gasteiger partial charge >= 0.3 is 5.97 Å². The van der Waals surface area contributed by atoms with E-state index in [4.69, 9.17) is 44.3 Å². The zero-order valence-corrected chi connectivity index (χ0v) is 19.0. The number of thioether (sulfide) groups is 1. The normalized spacial score (nSPS) is 23.6. The second-order valence-corrected chi connectivity index (χ2v) is 11.2. The van der Waals surface area contributed by atoms with Crippen molar-refractivity contribution in [3.05, 3.63) is 16.8 Å². The van der Waals surface area contributed by atoms with Crippen LogP contribution in [0.5, 0.6) is 5.19 Å². The summed E-state index contributed by atoms with van der Waals surface area (Å²) in [5.41, 5.74) is 0.272. The van der Waals surface area contributed by atoms with Gasteiger partial charge in [-0.2, -0.15) is 0 Å². The topological polar surface area (TPSA) is 111 Å². The Morgan fingerprint density at radius 3 is 2.69 bits per heavy atom. The second kappa shape index (κ2) is 8.84. The molecule has 1 saturated heterocycles. The second-order valence-electron chi connectivity index (χ2n) is 6.11.